The topological polar surface area (TPSA) is 36.1 Å². The van der Waals surface area contributed by atoms with Gasteiger partial charge in [-0.05, 0) is 42.5 Å². The number of nitrogens with one attached hydrogen (secondary N) is 1. The zero-order valence-electron chi connectivity index (χ0n) is 13.3. The van der Waals surface area contributed by atoms with Gasteiger partial charge in [-0.25, -0.2) is 0 Å². The summed E-state index contributed by atoms with van der Waals surface area (Å²) < 4.78 is 11.7. The number of piperidine rings is 1. The van der Waals surface area contributed by atoms with Gasteiger partial charge >= 0.3 is 0 Å². The van der Waals surface area contributed by atoms with Crippen molar-refractivity contribution in [3.05, 3.63) is 35.5 Å². The number of likely N-dealkylation sites (tertiary alicyclic amines) is 1. The number of aromatic amines is 1. The Labute approximate surface area is 134 Å². The van der Waals surface area contributed by atoms with E-state index in [1.165, 1.54) is 28.5 Å². The highest BCUT2D eigenvalue weighted by Crippen LogP contribution is 2.44. The van der Waals surface area contributed by atoms with Gasteiger partial charge in [-0.1, -0.05) is 19.1 Å². The summed E-state index contributed by atoms with van der Waals surface area (Å²) in [5.41, 5.74) is 4.26. The molecule has 2 aromatic rings. The van der Waals surface area contributed by atoms with Gasteiger partial charge in [0.25, 0.3) is 0 Å². The monoisotopic (exact) mass is 316 g/mol. The molecule has 118 valence electrons. The van der Waals surface area contributed by atoms with Crippen LogP contribution < -0.4 is 0 Å². The summed E-state index contributed by atoms with van der Waals surface area (Å²) in [4.78, 5) is 6.06. The molecular formula is C18H24N2OS. The standard InChI is InChI=1S/C18H24N2OS/c1-3-20-10-12(11-22(2)21)7-15-14-5-4-6-16-18(14)13(9-19-16)8-17(15)20/h4-6,9,12,15,17,19H,3,7-8,10-11H2,1-2H3/t12-,15?,17-,22?/m1/s1. The van der Waals surface area contributed by atoms with Crippen LogP contribution in [0.4, 0.5) is 0 Å². The minimum atomic E-state index is -0.699. The Morgan fingerprint density at radius 1 is 1.41 bits per heavy atom. The summed E-state index contributed by atoms with van der Waals surface area (Å²) in [6.45, 7) is 4.45. The van der Waals surface area contributed by atoms with E-state index in [2.05, 4.69) is 41.2 Å². The zero-order chi connectivity index (χ0) is 15.3. The largest absolute Gasteiger partial charge is 0.361 e. The number of H-pyrrole nitrogens is 1. The van der Waals surface area contributed by atoms with Crippen molar-refractivity contribution in [1.29, 1.82) is 0 Å². The Balaban J connectivity index is 1.76. The number of hydrogen-bond donors (Lipinski definition) is 1. The van der Waals surface area contributed by atoms with Crippen molar-refractivity contribution in [2.75, 3.05) is 25.1 Å². The first kappa shape index (κ1) is 14.5. The van der Waals surface area contributed by atoms with E-state index in [9.17, 15) is 4.21 Å². The number of rotatable bonds is 3. The lowest BCUT2D eigenvalue weighted by Gasteiger charge is -2.46. The first-order valence-electron chi connectivity index (χ1n) is 8.30. The maximum Gasteiger partial charge on any atom is 0.0459 e. The molecule has 0 spiro atoms. The van der Waals surface area contributed by atoms with Crippen LogP contribution in [0.25, 0.3) is 10.9 Å². The van der Waals surface area contributed by atoms with Gasteiger partial charge in [0.05, 0.1) is 0 Å². The molecule has 22 heavy (non-hydrogen) atoms. The van der Waals surface area contributed by atoms with Crippen LogP contribution in [0.1, 0.15) is 30.4 Å². The molecule has 0 saturated carbocycles. The molecule has 0 radical (unpaired) electrons. The maximum atomic E-state index is 11.7. The third-order valence-electron chi connectivity index (χ3n) is 5.54. The van der Waals surface area contributed by atoms with Crippen LogP contribution in [0.5, 0.6) is 0 Å². The Morgan fingerprint density at radius 3 is 3.05 bits per heavy atom. The first-order chi connectivity index (χ1) is 10.7. The second-order valence-corrected chi connectivity index (χ2v) is 8.37. The molecule has 4 atom stereocenters. The fourth-order valence-corrected chi connectivity index (χ4v) is 5.62. The summed E-state index contributed by atoms with van der Waals surface area (Å²) in [5.74, 6) is 1.99. The second kappa shape index (κ2) is 5.50. The highest BCUT2D eigenvalue weighted by molar-refractivity contribution is 7.84. The van der Waals surface area contributed by atoms with E-state index in [0.717, 1.165) is 25.3 Å². The van der Waals surface area contributed by atoms with Gasteiger partial charge in [-0.15, -0.1) is 0 Å². The summed E-state index contributed by atoms with van der Waals surface area (Å²) in [7, 11) is -0.699. The lowest BCUT2D eigenvalue weighted by molar-refractivity contribution is 0.0981. The SMILES string of the molecule is CCN1C[C@H](CS(C)=O)CC2c3cccc4[nH]cc(c34)C[C@H]21. The molecule has 1 saturated heterocycles. The third-order valence-corrected chi connectivity index (χ3v) is 6.48. The molecule has 0 bridgehead atoms. The molecule has 2 aliphatic rings. The Morgan fingerprint density at radius 2 is 2.27 bits per heavy atom. The van der Waals surface area contributed by atoms with Crippen molar-refractivity contribution in [3.63, 3.8) is 0 Å². The quantitative estimate of drug-likeness (QED) is 0.945. The fraction of sp³-hybridized carbons (Fsp3) is 0.556. The van der Waals surface area contributed by atoms with Crippen LogP contribution in [0.3, 0.4) is 0 Å². The molecule has 4 rings (SSSR count). The summed E-state index contributed by atoms with van der Waals surface area (Å²) in [6.07, 6.45) is 6.38. The summed E-state index contributed by atoms with van der Waals surface area (Å²) >= 11 is 0. The number of fused-ring (bicyclic) bond motifs is 2. The van der Waals surface area contributed by atoms with Crippen molar-refractivity contribution in [3.8, 4) is 0 Å². The maximum absolute atomic E-state index is 11.7. The number of benzene rings is 1. The zero-order valence-corrected chi connectivity index (χ0v) is 14.2. The van der Waals surface area contributed by atoms with Crippen molar-refractivity contribution < 1.29 is 4.21 Å². The van der Waals surface area contributed by atoms with Crippen LogP contribution in [-0.2, 0) is 17.2 Å². The van der Waals surface area contributed by atoms with E-state index < -0.39 is 10.8 Å². The van der Waals surface area contributed by atoms with Gasteiger partial charge in [-0.2, -0.15) is 0 Å². The Kier molecular flexibility index (Phi) is 3.61. The highest BCUT2D eigenvalue weighted by atomic mass is 32.2. The van der Waals surface area contributed by atoms with E-state index in [0.29, 0.717) is 17.9 Å². The van der Waals surface area contributed by atoms with Crippen molar-refractivity contribution in [2.24, 2.45) is 5.92 Å². The van der Waals surface area contributed by atoms with E-state index in [1.807, 2.05) is 6.26 Å². The van der Waals surface area contributed by atoms with Gasteiger partial charge in [0.1, 0.15) is 0 Å². The molecule has 1 aliphatic heterocycles. The summed E-state index contributed by atoms with van der Waals surface area (Å²) in [6, 6.07) is 7.29. The molecule has 1 aromatic carbocycles. The van der Waals surface area contributed by atoms with Crippen LogP contribution in [0, 0.1) is 5.92 Å². The number of aromatic nitrogens is 1. The lowest BCUT2D eigenvalue weighted by atomic mass is 9.72. The van der Waals surface area contributed by atoms with Crippen molar-refractivity contribution in [2.45, 2.75) is 31.7 Å². The van der Waals surface area contributed by atoms with E-state index in [-0.39, 0.29) is 0 Å². The average Bonchev–Trinajstić information content (AvgIpc) is 2.91. The smallest absolute Gasteiger partial charge is 0.0459 e. The Hall–Kier alpha value is -1.13. The van der Waals surface area contributed by atoms with Crippen molar-refractivity contribution >= 4 is 21.7 Å². The van der Waals surface area contributed by atoms with Crippen LogP contribution in [0.15, 0.2) is 24.4 Å². The molecular weight excluding hydrogens is 292 g/mol. The fourth-order valence-electron chi connectivity index (χ4n) is 4.72. The molecule has 1 aliphatic carbocycles. The molecule has 1 aromatic heterocycles. The van der Waals surface area contributed by atoms with Crippen LogP contribution in [0.2, 0.25) is 0 Å². The van der Waals surface area contributed by atoms with Gasteiger partial charge in [-0.3, -0.25) is 9.11 Å². The van der Waals surface area contributed by atoms with Gasteiger partial charge in [0, 0.05) is 58.4 Å². The highest BCUT2D eigenvalue weighted by Gasteiger charge is 2.40. The molecule has 1 N–H and O–H groups in total. The number of nitrogens with zero attached hydrogens (tertiary/aromatic N) is 1. The second-order valence-electron chi connectivity index (χ2n) is 6.89. The molecule has 3 nitrogen and oxygen atoms in total. The first-order valence-corrected chi connectivity index (χ1v) is 10.0. The normalized spacial score (nSPS) is 29.5. The Bertz CT molecular complexity index is 723. The van der Waals surface area contributed by atoms with E-state index in [4.69, 9.17) is 0 Å². The molecule has 2 heterocycles. The lowest BCUT2D eigenvalue weighted by Crippen LogP contribution is -2.50. The molecule has 2 unspecified atom stereocenters. The van der Waals surface area contributed by atoms with Gasteiger partial charge in [0.2, 0.25) is 0 Å². The molecule has 4 heteroatoms. The predicted octanol–water partition coefficient (Wildman–Crippen LogP) is 2.90. The number of likely N-dealkylation sites (N-methyl/N-ethyl adjacent to an activating group) is 1. The minimum absolute atomic E-state index is 0.558. The van der Waals surface area contributed by atoms with Gasteiger partial charge in [0.15, 0.2) is 0 Å². The molecule has 1 fully saturated rings. The predicted molar refractivity (Wildman–Crippen MR) is 92.8 cm³/mol. The van der Waals surface area contributed by atoms with Crippen molar-refractivity contribution in [1.82, 2.24) is 9.88 Å². The minimum Gasteiger partial charge on any atom is -0.361 e. The number of hydrogen-bond acceptors (Lipinski definition) is 2. The van der Waals surface area contributed by atoms with Crippen LogP contribution in [-0.4, -0.2) is 45.2 Å². The van der Waals surface area contributed by atoms with Crippen LogP contribution >= 0.6 is 0 Å². The van der Waals surface area contributed by atoms with E-state index >= 15 is 0 Å². The summed E-state index contributed by atoms with van der Waals surface area (Å²) in [5, 5.41) is 1.46. The average molecular weight is 316 g/mol. The van der Waals surface area contributed by atoms with Gasteiger partial charge < -0.3 is 4.98 Å². The third kappa shape index (κ3) is 2.24. The van der Waals surface area contributed by atoms with E-state index in [1.54, 1.807) is 0 Å². The molecule has 0 amide bonds.